The Kier molecular flexibility index (Phi) is 4.57. The second kappa shape index (κ2) is 6.57. The van der Waals surface area contributed by atoms with Crippen molar-refractivity contribution in [2.75, 3.05) is 11.9 Å². The lowest BCUT2D eigenvalue weighted by molar-refractivity contribution is -0.384. The van der Waals surface area contributed by atoms with Gasteiger partial charge in [0.15, 0.2) is 0 Å². The minimum absolute atomic E-state index is 0.0948. The summed E-state index contributed by atoms with van der Waals surface area (Å²) in [6.45, 7) is 2.32. The van der Waals surface area contributed by atoms with E-state index in [1.807, 2.05) is 6.92 Å². The molecule has 2 aromatic rings. The molecule has 2 aromatic carbocycles. The molecule has 0 saturated carbocycles. The Morgan fingerprint density at radius 3 is 2.73 bits per heavy atom. The lowest BCUT2D eigenvalue weighted by Crippen LogP contribution is -2.12. The average Bonchev–Trinajstić information content (AvgIpc) is 2.49. The number of nitrogens with zero attached hydrogens (tertiary/aromatic N) is 1. The molecule has 0 radical (unpaired) electrons. The minimum atomic E-state index is -0.628. The fraction of sp³-hybridized carbons (Fsp3) is 0.133. The lowest BCUT2D eigenvalue weighted by Gasteiger charge is -2.08. The highest BCUT2D eigenvalue weighted by molar-refractivity contribution is 6.05. The predicted molar refractivity (Wildman–Crippen MR) is 80.3 cm³/mol. The van der Waals surface area contributed by atoms with Gasteiger partial charge in [-0.1, -0.05) is 6.07 Å². The van der Waals surface area contributed by atoms with Gasteiger partial charge in [-0.2, -0.15) is 0 Å². The number of carbonyl (C=O) groups excluding carboxylic acids is 1. The van der Waals surface area contributed by atoms with Gasteiger partial charge in [-0.15, -0.1) is 0 Å². The van der Waals surface area contributed by atoms with Crippen LogP contribution in [-0.4, -0.2) is 22.5 Å². The normalized spacial score (nSPS) is 10.0. The molecule has 0 fully saturated rings. The van der Waals surface area contributed by atoms with E-state index in [2.05, 4.69) is 5.32 Å². The summed E-state index contributed by atoms with van der Waals surface area (Å²) in [5.74, 6) is -0.266. The molecule has 0 unspecified atom stereocenters. The van der Waals surface area contributed by atoms with E-state index in [4.69, 9.17) is 4.74 Å². The third-order valence-electron chi connectivity index (χ3n) is 2.85. The van der Waals surface area contributed by atoms with Crippen LogP contribution >= 0.6 is 0 Å². The molecular formula is C15H14N2O5. The first-order valence-electron chi connectivity index (χ1n) is 6.53. The number of rotatable bonds is 5. The fourth-order valence-electron chi connectivity index (χ4n) is 1.83. The zero-order chi connectivity index (χ0) is 16.1. The number of hydrogen-bond donors (Lipinski definition) is 2. The van der Waals surface area contributed by atoms with Gasteiger partial charge in [-0.25, -0.2) is 0 Å². The van der Waals surface area contributed by atoms with Crippen molar-refractivity contribution in [2.45, 2.75) is 6.92 Å². The van der Waals surface area contributed by atoms with E-state index in [-0.39, 0.29) is 17.1 Å². The highest BCUT2D eigenvalue weighted by Gasteiger charge is 2.13. The number of phenols is 1. The van der Waals surface area contributed by atoms with Gasteiger partial charge in [0.05, 0.1) is 23.3 Å². The van der Waals surface area contributed by atoms with Crippen molar-refractivity contribution < 1.29 is 19.6 Å². The van der Waals surface area contributed by atoms with Crippen LogP contribution in [0.25, 0.3) is 0 Å². The number of non-ortho nitro benzene ring substituents is 1. The molecule has 0 aromatic heterocycles. The zero-order valence-corrected chi connectivity index (χ0v) is 11.8. The second-order valence-electron chi connectivity index (χ2n) is 4.37. The van der Waals surface area contributed by atoms with Gasteiger partial charge in [0.2, 0.25) is 0 Å². The molecule has 0 aliphatic carbocycles. The van der Waals surface area contributed by atoms with Gasteiger partial charge in [-0.3, -0.25) is 14.9 Å². The Morgan fingerprint density at radius 1 is 1.32 bits per heavy atom. The van der Waals surface area contributed by atoms with Gasteiger partial charge in [0.1, 0.15) is 11.5 Å². The molecule has 2 rings (SSSR count). The monoisotopic (exact) mass is 302 g/mol. The second-order valence-corrected chi connectivity index (χ2v) is 4.37. The minimum Gasteiger partial charge on any atom is -0.506 e. The molecule has 7 heteroatoms. The SMILES string of the molecule is CCOc1cccc(C(=O)Nc2ccc([N+](=O)[O-])cc2O)c1. The van der Waals surface area contributed by atoms with E-state index in [9.17, 15) is 20.0 Å². The first-order valence-corrected chi connectivity index (χ1v) is 6.53. The number of ether oxygens (including phenoxy) is 1. The van der Waals surface area contributed by atoms with E-state index in [0.29, 0.717) is 17.9 Å². The lowest BCUT2D eigenvalue weighted by atomic mass is 10.2. The maximum absolute atomic E-state index is 12.1. The number of nitro groups is 1. The van der Waals surface area contributed by atoms with Crippen molar-refractivity contribution in [1.82, 2.24) is 0 Å². The summed E-state index contributed by atoms with van der Waals surface area (Å²) < 4.78 is 5.31. The Hall–Kier alpha value is -3.09. The molecule has 7 nitrogen and oxygen atoms in total. The topological polar surface area (TPSA) is 102 Å². The van der Waals surface area contributed by atoms with E-state index in [1.165, 1.54) is 12.1 Å². The molecular weight excluding hydrogens is 288 g/mol. The molecule has 0 aliphatic heterocycles. The standard InChI is InChI=1S/C15H14N2O5/c1-2-22-12-5-3-4-10(8-12)15(19)16-13-7-6-11(17(20)21)9-14(13)18/h3-9,18H,2H2,1H3,(H,16,19). The van der Waals surface area contributed by atoms with E-state index in [1.54, 1.807) is 24.3 Å². The van der Waals surface area contributed by atoms with Crippen LogP contribution in [-0.2, 0) is 0 Å². The van der Waals surface area contributed by atoms with Crippen LogP contribution < -0.4 is 10.1 Å². The summed E-state index contributed by atoms with van der Waals surface area (Å²) in [5.41, 5.74) is 0.190. The van der Waals surface area contributed by atoms with Crippen molar-refractivity contribution in [3.05, 3.63) is 58.1 Å². The number of phenolic OH excluding ortho intramolecular Hbond substituents is 1. The third kappa shape index (κ3) is 3.51. The number of nitro benzene ring substituents is 1. The van der Waals surface area contributed by atoms with Crippen LogP contribution in [0.3, 0.4) is 0 Å². The van der Waals surface area contributed by atoms with E-state index in [0.717, 1.165) is 6.07 Å². The molecule has 0 heterocycles. The molecule has 0 saturated heterocycles. The number of benzene rings is 2. The van der Waals surface area contributed by atoms with Crippen LogP contribution in [0.4, 0.5) is 11.4 Å². The van der Waals surface area contributed by atoms with E-state index < -0.39 is 10.8 Å². The summed E-state index contributed by atoms with van der Waals surface area (Å²) in [7, 11) is 0. The zero-order valence-electron chi connectivity index (χ0n) is 11.8. The van der Waals surface area contributed by atoms with Crippen LogP contribution in [0.5, 0.6) is 11.5 Å². The highest BCUT2D eigenvalue weighted by atomic mass is 16.6. The summed E-state index contributed by atoms with van der Waals surface area (Å²) in [6, 6.07) is 10.0. The number of amides is 1. The van der Waals surface area contributed by atoms with Crippen LogP contribution in [0.15, 0.2) is 42.5 Å². The maximum Gasteiger partial charge on any atom is 0.273 e. The highest BCUT2D eigenvalue weighted by Crippen LogP contribution is 2.28. The molecule has 0 atom stereocenters. The molecule has 22 heavy (non-hydrogen) atoms. The van der Waals surface area contributed by atoms with Crippen LogP contribution in [0.1, 0.15) is 17.3 Å². The van der Waals surface area contributed by atoms with Gasteiger partial charge in [-0.05, 0) is 31.2 Å². The first-order chi connectivity index (χ1) is 10.5. The predicted octanol–water partition coefficient (Wildman–Crippen LogP) is 2.95. The summed E-state index contributed by atoms with van der Waals surface area (Å²) in [4.78, 5) is 22.1. The average molecular weight is 302 g/mol. The Bertz CT molecular complexity index is 715. The maximum atomic E-state index is 12.1. The first kappa shape index (κ1) is 15.3. The van der Waals surface area contributed by atoms with Gasteiger partial charge >= 0.3 is 0 Å². The van der Waals surface area contributed by atoms with E-state index >= 15 is 0 Å². The summed E-state index contributed by atoms with van der Waals surface area (Å²) in [6.07, 6.45) is 0. The number of anilines is 1. The summed E-state index contributed by atoms with van der Waals surface area (Å²) in [5, 5.41) is 22.8. The van der Waals surface area contributed by atoms with Crippen LogP contribution in [0.2, 0.25) is 0 Å². The Balaban J connectivity index is 2.18. The Morgan fingerprint density at radius 2 is 2.09 bits per heavy atom. The number of nitrogens with one attached hydrogen (secondary N) is 1. The van der Waals surface area contributed by atoms with Crippen molar-refractivity contribution in [3.63, 3.8) is 0 Å². The summed E-state index contributed by atoms with van der Waals surface area (Å²) >= 11 is 0. The molecule has 114 valence electrons. The number of aromatic hydroxyl groups is 1. The van der Waals surface area contributed by atoms with Crippen LogP contribution in [0, 0.1) is 10.1 Å². The molecule has 0 bridgehead atoms. The van der Waals surface area contributed by atoms with Crippen molar-refractivity contribution in [1.29, 1.82) is 0 Å². The molecule has 2 N–H and O–H groups in total. The molecule has 0 aliphatic rings. The molecule has 1 amide bonds. The molecule has 0 spiro atoms. The largest absolute Gasteiger partial charge is 0.506 e. The van der Waals surface area contributed by atoms with Gasteiger partial charge in [0, 0.05) is 11.6 Å². The fourth-order valence-corrected chi connectivity index (χ4v) is 1.83. The van der Waals surface area contributed by atoms with Crippen molar-refractivity contribution in [2.24, 2.45) is 0 Å². The number of hydrogen-bond acceptors (Lipinski definition) is 5. The Labute approximate surface area is 126 Å². The quantitative estimate of drug-likeness (QED) is 0.502. The van der Waals surface area contributed by atoms with Gasteiger partial charge < -0.3 is 15.2 Å². The van der Waals surface area contributed by atoms with Crippen molar-refractivity contribution >= 4 is 17.3 Å². The van der Waals surface area contributed by atoms with Crippen molar-refractivity contribution in [3.8, 4) is 11.5 Å². The number of carbonyl (C=O) groups is 1. The van der Waals surface area contributed by atoms with Gasteiger partial charge in [0.25, 0.3) is 11.6 Å². The smallest absolute Gasteiger partial charge is 0.273 e. The third-order valence-corrected chi connectivity index (χ3v) is 2.85.